The fourth-order valence-electron chi connectivity index (χ4n) is 3.52. The first-order chi connectivity index (χ1) is 14.4. The lowest BCUT2D eigenvalue weighted by atomic mass is 9.95. The number of carbonyl (C=O) groups excluding carboxylic acids is 2. The maximum Gasteiger partial charge on any atom is 0.242 e. The van der Waals surface area contributed by atoms with Gasteiger partial charge in [-0.1, -0.05) is 64.3 Å². The second-order valence-corrected chi connectivity index (χ2v) is 8.18. The van der Waals surface area contributed by atoms with Gasteiger partial charge in [0.05, 0.1) is 0 Å². The highest BCUT2D eigenvalue weighted by atomic mass is 35.5. The number of carbonyl (C=O) groups is 2. The van der Waals surface area contributed by atoms with Gasteiger partial charge in [0.25, 0.3) is 0 Å². The van der Waals surface area contributed by atoms with Crippen LogP contribution < -0.4 is 4.90 Å². The Morgan fingerprint density at radius 2 is 1.53 bits per heavy atom. The summed E-state index contributed by atoms with van der Waals surface area (Å²) < 4.78 is 0. The molecule has 0 heterocycles. The van der Waals surface area contributed by atoms with E-state index in [0.29, 0.717) is 23.6 Å². The first-order valence-corrected chi connectivity index (χ1v) is 11.2. The molecule has 2 aromatic rings. The molecule has 0 saturated heterocycles. The molecule has 1 amide bonds. The summed E-state index contributed by atoms with van der Waals surface area (Å²) in [6, 6.07) is 13.4. The van der Waals surface area contributed by atoms with E-state index in [2.05, 4.69) is 20.8 Å². The van der Waals surface area contributed by atoms with Gasteiger partial charge in [0.15, 0.2) is 5.78 Å². The molecule has 0 aliphatic carbocycles. The van der Waals surface area contributed by atoms with Gasteiger partial charge in [-0.15, -0.1) is 11.6 Å². The summed E-state index contributed by atoms with van der Waals surface area (Å²) in [4.78, 5) is 27.7. The Labute approximate surface area is 184 Å². The second-order valence-electron chi connectivity index (χ2n) is 7.91. The maximum atomic E-state index is 13.3. The molecule has 0 fully saturated rings. The van der Waals surface area contributed by atoms with Gasteiger partial charge in [-0.25, -0.2) is 0 Å². The van der Waals surface area contributed by atoms with E-state index < -0.39 is 6.04 Å². The molecule has 0 bridgehead atoms. The number of phenols is 1. The number of hydrogen-bond donors (Lipinski definition) is 1. The Bertz CT molecular complexity index is 815. The van der Waals surface area contributed by atoms with Crippen LogP contribution in [0.1, 0.15) is 76.0 Å². The summed E-state index contributed by atoms with van der Waals surface area (Å²) in [5.41, 5.74) is 2.47. The van der Waals surface area contributed by atoms with Crippen LogP contribution in [0, 0.1) is 0 Å². The van der Waals surface area contributed by atoms with E-state index >= 15 is 0 Å². The summed E-state index contributed by atoms with van der Waals surface area (Å²) >= 11 is 5.94. The summed E-state index contributed by atoms with van der Waals surface area (Å²) in [5, 5.41) is 9.68. The first kappa shape index (κ1) is 23.9. The number of amides is 1. The van der Waals surface area contributed by atoms with E-state index in [1.165, 1.54) is 17.0 Å². The molecule has 1 N–H and O–H groups in total. The first-order valence-electron chi connectivity index (χ1n) is 10.7. The number of unbranched alkanes of at least 4 members (excludes halogenated alkanes) is 3. The largest absolute Gasteiger partial charge is 0.508 e. The molecule has 1 unspecified atom stereocenters. The summed E-state index contributed by atoms with van der Waals surface area (Å²) in [6.07, 6.45) is 4.34. The standard InChI is InChI=1S/C25H32ClNO3/c1-4-5-6-7-8-23(29)25(20-11-15-22(28)16-12-20)27(24(30)17-26)21-13-9-19(10-14-21)18(2)3/h9-16,18,25,28H,4-8,17H2,1-3H3. The molecule has 30 heavy (non-hydrogen) atoms. The molecule has 162 valence electrons. The van der Waals surface area contributed by atoms with Gasteiger partial charge in [0.2, 0.25) is 5.91 Å². The van der Waals surface area contributed by atoms with Gasteiger partial charge in [-0.05, 0) is 47.7 Å². The zero-order chi connectivity index (χ0) is 22.1. The quantitative estimate of drug-likeness (QED) is 0.333. The molecule has 4 nitrogen and oxygen atoms in total. The SMILES string of the molecule is CCCCCCC(=O)C(c1ccc(O)cc1)N(C(=O)CCl)c1ccc(C(C)C)cc1. The van der Waals surface area contributed by atoms with E-state index in [1.54, 1.807) is 12.1 Å². The third-order valence-corrected chi connectivity index (χ3v) is 5.50. The molecule has 2 aromatic carbocycles. The summed E-state index contributed by atoms with van der Waals surface area (Å²) in [6.45, 7) is 6.34. The van der Waals surface area contributed by atoms with Gasteiger partial charge in [0.1, 0.15) is 17.7 Å². The van der Waals surface area contributed by atoms with Gasteiger partial charge in [0, 0.05) is 12.1 Å². The van der Waals surface area contributed by atoms with Crippen LogP contribution in [0.4, 0.5) is 5.69 Å². The third-order valence-electron chi connectivity index (χ3n) is 5.27. The maximum absolute atomic E-state index is 13.3. The van der Waals surface area contributed by atoms with Crippen molar-refractivity contribution < 1.29 is 14.7 Å². The predicted molar refractivity (Wildman–Crippen MR) is 123 cm³/mol. The van der Waals surface area contributed by atoms with Crippen LogP contribution in [-0.4, -0.2) is 22.7 Å². The number of halogens is 1. The van der Waals surface area contributed by atoms with Crippen molar-refractivity contribution in [3.05, 3.63) is 59.7 Å². The van der Waals surface area contributed by atoms with Crippen LogP contribution in [0.2, 0.25) is 0 Å². The van der Waals surface area contributed by atoms with E-state index in [4.69, 9.17) is 11.6 Å². The Kier molecular flexibility index (Phi) is 9.38. The minimum atomic E-state index is -0.775. The van der Waals surface area contributed by atoms with E-state index in [0.717, 1.165) is 31.2 Å². The Hall–Kier alpha value is -2.33. The molecule has 0 aliphatic heterocycles. The van der Waals surface area contributed by atoms with Crippen molar-refractivity contribution in [2.24, 2.45) is 0 Å². The molecular weight excluding hydrogens is 398 g/mol. The lowest BCUT2D eigenvalue weighted by Gasteiger charge is -2.31. The Morgan fingerprint density at radius 3 is 2.07 bits per heavy atom. The van der Waals surface area contributed by atoms with Crippen LogP contribution in [0.5, 0.6) is 5.75 Å². The Balaban J connectivity index is 2.44. The van der Waals surface area contributed by atoms with Crippen LogP contribution in [0.3, 0.4) is 0 Å². The average molecular weight is 430 g/mol. The van der Waals surface area contributed by atoms with E-state index in [1.807, 2.05) is 24.3 Å². The average Bonchev–Trinajstić information content (AvgIpc) is 2.75. The monoisotopic (exact) mass is 429 g/mol. The molecule has 2 rings (SSSR count). The molecular formula is C25H32ClNO3. The van der Waals surface area contributed by atoms with Crippen molar-refractivity contribution in [3.8, 4) is 5.75 Å². The van der Waals surface area contributed by atoms with Crippen LogP contribution in [0.15, 0.2) is 48.5 Å². The molecule has 0 aromatic heterocycles. The zero-order valence-corrected chi connectivity index (χ0v) is 18.9. The number of anilines is 1. The molecule has 0 spiro atoms. The second kappa shape index (κ2) is 11.8. The van der Waals surface area contributed by atoms with Crippen molar-refractivity contribution in [2.45, 2.75) is 64.8 Å². The number of Topliss-reactive ketones (excluding diaryl/α,β-unsaturated/α-hetero) is 1. The molecule has 5 heteroatoms. The highest BCUT2D eigenvalue weighted by molar-refractivity contribution is 6.29. The smallest absolute Gasteiger partial charge is 0.242 e. The van der Waals surface area contributed by atoms with Crippen molar-refractivity contribution in [3.63, 3.8) is 0 Å². The minimum Gasteiger partial charge on any atom is -0.508 e. The Morgan fingerprint density at radius 1 is 0.933 bits per heavy atom. The fourth-order valence-corrected chi connectivity index (χ4v) is 3.65. The van der Waals surface area contributed by atoms with Gasteiger partial charge < -0.3 is 5.11 Å². The molecule has 0 saturated carbocycles. The topological polar surface area (TPSA) is 57.6 Å². The third kappa shape index (κ3) is 6.33. The van der Waals surface area contributed by atoms with Crippen LogP contribution in [-0.2, 0) is 9.59 Å². The highest BCUT2D eigenvalue weighted by Crippen LogP contribution is 2.32. The summed E-state index contributed by atoms with van der Waals surface area (Å²) in [5.74, 6) is -0.0882. The lowest BCUT2D eigenvalue weighted by molar-refractivity contribution is -0.124. The molecule has 0 aliphatic rings. The number of ketones is 1. The van der Waals surface area contributed by atoms with Crippen LogP contribution in [0.25, 0.3) is 0 Å². The van der Waals surface area contributed by atoms with Crippen molar-refractivity contribution >= 4 is 29.0 Å². The van der Waals surface area contributed by atoms with Gasteiger partial charge >= 0.3 is 0 Å². The number of alkyl halides is 1. The van der Waals surface area contributed by atoms with Gasteiger partial charge in [-0.2, -0.15) is 0 Å². The summed E-state index contributed by atoms with van der Waals surface area (Å²) in [7, 11) is 0. The minimum absolute atomic E-state index is 0.0248. The van der Waals surface area contributed by atoms with Crippen LogP contribution >= 0.6 is 11.6 Å². The van der Waals surface area contributed by atoms with Crippen molar-refractivity contribution in [1.29, 1.82) is 0 Å². The van der Waals surface area contributed by atoms with E-state index in [-0.39, 0.29) is 23.3 Å². The van der Waals surface area contributed by atoms with Crippen molar-refractivity contribution in [2.75, 3.05) is 10.8 Å². The van der Waals surface area contributed by atoms with E-state index in [9.17, 15) is 14.7 Å². The van der Waals surface area contributed by atoms with Gasteiger partial charge in [-0.3, -0.25) is 14.5 Å². The molecule has 1 atom stereocenters. The number of aromatic hydroxyl groups is 1. The predicted octanol–water partition coefficient (Wildman–Crippen LogP) is 6.37. The normalized spacial score (nSPS) is 12.0. The fraction of sp³-hybridized carbons (Fsp3) is 0.440. The molecule has 0 radical (unpaired) electrons. The number of benzene rings is 2. The lowest BCUT2D eigenvalue weighted by Crippen LogP contribution is -2.40. The zero-order valence-electron chi connectivity index (χ0n) is 18.1. The number of nitrogens with zero attached hydrogens (tertiary/aromatic N) is 1. The highest BCUT2D eigenvalue weighted by Gasteiger charge is 2.31. The number of rotatable bonds is 11. The number of hydrogen-bond acceptors (Lipinski definition) is 3. The number of phenolic OH excluding ortho intramolecular Hbond substituents is 1. The van der Waals surface area contributed by atoms with Crippen molar-refractivity contribution in [1.82, 2.24) is 0 Å².